The Hall–Kier alpha value is -0.740. The molecule has 1 aromatic carbocycles. The van der Waals surface area contributed by atoms with E-state index < -0.39 is 0 Å². The fraction of sp³-hybridized carbons (Fsp3) is 0.600. The van der Waals surface area contributed by atoms with Crippen LogP contribution < -0.4 is 15.0 Å². The molecule has 2 fully saturated rings. The van der Waals surface area contributed by atoms with Gasteiger partial charge in [-0.25, -0.2) is 0 Å². The van der Waals surface area contributed by atoms with Crippen LogP contribution >= 0.6 is 15.9 Å². The molecular formula is C15H21BrN2O. The van der Waals surface area contributed by atoms with Crippen molar-refractivity contribution in [3.8, 4) is 5.75 Å². The highest BCUT2D eigenvalue weighted by molar-refractivity contribution is 9.10. The van der Waals surface area contributed by atoms with Gasteiger partial charge in [-0.2, -0.15) is 0 Å². The zero-order valence-corrected chi connectivity index (χ0v) is 12.9. The monoisotopic (exact) mass is 324 g/mol. The largest absolute Gasteiger partial charge is 0.497 e. The van der Waals surface area contributed by atoms with Gasteiger partial charge in [0.15, 0.2) is 0 Å². The minimum Gasteiger partial charge on any atom is -0.497 e. The average Bonchev–Trinajstić information content (AvgIpc) is 3.15. The molecule has 1 saturated carbocycles. The van der Waals surface area contributed by atoms with E-state index in [2.05, 4.69) is 38.3 Å². The van der Waals surface area contributed by atoms with Gasteiger partial charge in [-0.05, 0) is 59.8 Å². The van der Waals surface area contributed by atoms with Crippen molar-refractivity contribution in [2.24, 2.45) is 5.92 Å². The van der Waals surface area contributed by atoms with Crippen LogP contribution in [0.3, 0.4) is 0 Å². The molecular weight excluding hydrogens is 304 g/mol. The third-order valence-corrected chi connectivity index (χ3v) is 4.72. The number of benzene rings is 1. The van der Waals surface area contributed by atoms with E-state index in [4.69, 9.17) is 4.74 Å². The molecule has 3 rings (SSSR count). The molecule has 0 aromatic heterocycles. The number of nitrogens with zero attached hydrogens (tertiary/aromatic N) is 1. The van der Waals surface area contributed by atoms with Gasteiger partial charge in [-0.3, -0.25) is 0 Å². The number of ether oxygens (including phenoxy) is 1. The molecule has 104 valence electrons. The van der Waals surface area contributed by atoms with Crippen LogP contribution in [-0.4, -0.2) is 32.8 Å². The lowest BCUT2D eigenvalue weighted by Gasteiger charge is -2.21. The summed E-state index contributed by atoms with van der Waals surface area (Å²) in [6, 6.07) is 7.01. The summed E-state index contributed by atoms with van der Waals surface area (Å²) < 4.78 is 6.48. The van der Waals surface area contributed by atoms with Crippen molar-refractivity contribution >= 4 is 21.6 Å². The van der Waals surface area contributed by atoms with Gasteiger partial charge in [0.1, 0.15) is 5.75 Å². The topological polar surface area (TPSA) is 24.5 Å². The first-order chi connectivity index (χ1) is 9.26. The molecule has 1 aromatic rings. The van der Waals surface area contributed by atoms with Crippen molar-refractivity contribution in [2.45, 2.75) is 25.3 Å². The van der Waals surface area contributed by atoms with Crippen LogP contribution in [0.25, 0.3) is 0 Å². The number of hydrogen-bond acceptors (Lipinski definition) is 3. The Balaban J connectivity index is 1.62. The summed E-state index contributed by atoms with van der Waals surface area (Å²) in [5, 5.41) is 3.64. The van der Waals surface area contributed by atoms with Crippen LogP contribution in [0.5, 0.6) is 5.75 Å². The Morgan fingerprint density at radius 1 is 1.37 bits per heavy atom. The SMILES string of the molecule is COc1ccc(Br)c(N2CCC(CNC3CC3)C2)c1. The second-order valence-corrected chi connectivity index (χ2v) is 6.45. The molecule has 0 bridgehead atoms. The van der Waals surface area contributed by atoms with Gasteiger partial charge in [-0.15, -0.1) is 0 Å². The normalized spacial score (nSPS) is 22.8. The summed E-state index contributed by atoms with van der Waals surface area (Å²) >= 11 is 3.65. The zero-order valence-electron chi connectivity index (χ0n) is 11.4. The molecule has 1 atom stereocenters. The molecule has 1 N–H and O–H groups in total. The summed E-state index contributed by atoms with van der Waals surface area (Å²) in [5.74, 6) is 1.71. The first-order valence-corrected chi connectivity index (χ1v) is 7.87. The second-order valence-electron chi connectivity index (χ2n) is 5.60. The quantitative estimate of drug-likeness (QED) is 0.901. The number of hydrogen-bond donors (Lipinski definition) is 1. The molecule has 19 heavy (non-hydrogen) atoms. The number of anilines is 1. The summed E-state index contributed by atoms with van der Waals surface area (Å²) in [6.45, 7) is 3.46. The van der Waals surface area contributed by atoms with Crippen molar-refractivity contribution in [1.82, 2.24) is 5.32 Å². The molecule has 0 amide bonds. The van der Waals surface area contributed by atoms with Crippen LogP contribution in [0.2, 0.25) is 0 Å². The Labute approximate surface area is 123 Å². The highest BCUT2D eigenvalue weighted by atomic mass is 79.9. The van der Waals surface area contributed by atoms with E-state index in [9.17, 15) is 0 Å². The minimum absolute atomic E-state index is 0.777. The standard InChI is InChI=1S/C15H21BrN2O/c1-19-13-4-5-14(16)15(8-13)18-7-6-11(10-18)9-17-12-2-3-12/h4-5,8,11-12,17H,2-3,6-7,9-10H2,1H3. The fourth-order valence-electron chi connectivity index (χ4n) is 2.70. The lowest BCUT2D eigenvalue weighted by Crippen LogP contribution is -2.27. The lowest BCUT2D eigenvalue weighted by atomic mass is 10.1. The van der Waals surface area contributed by atoms with Gasteiger partial charge >= 0.3 is 0 Å². The molecule has 2 aliphatic rings. The van der Waals surface area contributed by atoms with Crippen LogP contribution in [-0.2, 0) is 0 Å². The number of methoxy groups -OCH3 is 1. The maximum atomic E-state index is 5.32. The molecule has 4 heteroatoms. The third kappa shape index (κ3) is 3.23. The minimum atomic E-state index is 0.777. The lowest BCUT2D eigenvalue weighted by molar-refractivity contribution is 0.414. The Morgan fingerprint density at radius 2 is 2.21 bits per heavy atom. The van der Waals surface area contributed by atoms with Gasteiger partial charge in [0, 0.05) is 29.7 Å². The van der Waals surface area contributed by atoms with Crippen molar-refractivity contribution in [3.63, 3.8) is 0 Å². The Morgan fingerprint density at radius 3 is 2.95 bits per heavy atom. The Kier molecular flexibility index (Phi) is 3.99. The van der Waals surface area contributed by atoms with E-state index in [1.807, 2.05) is 6.07 Å². The van der Waals surface area contributed by atoms with Crippen LogP contribution in [0.4, 0.5) is 5.69 Å². The molecule has 3 nitrogen and oxygen atoms in total. The van der Waals surface area contributed by atoms with E-state index in [0.717, 1.165) is 35.3 Å². The highest BCUT2D eigenvalue weighted by Crippen LogP contribution is 2.33. The van der Waals surface area contributed by atoms with Crippen molar-refractivity contribution in [2.75, 3.05) is 31.6 Å². The van der Waals surface area contributed by atoms with E-state index in [-0.39, 0.29) is 0 Å². The second kappa shape index (κ2) is 5.71. The molecule has 0 radical (unpaired) electrons. The summed E-state index contributed by atoms with van der Waals surface area (Å²) in [6.07, 6.45) is 4.03. The summed E-state index contributed by atoms with van der Waals surface area (Å²) in [4.78, 5) is 2.46. The maximum absolute atomic E-state index is 5.32. The van der Waals surface area contributed by atoms with E-state index in [0.29, 0.717) is 0 Å². The third-order valence-electron chi connectivity index (χ3n) is 4.05. The van der Waals surface area contributed by atoms with Gasteiger partial charge in [0.25, 0.3) is 0 Å². The van der Waals surface area contributed by atoms with Crippen LogP contribution in [0.15, 0.2) is 22.7 Å². The molecule has 1 heterocycles. The Bertz CT molecular complexity index is 448. The van der Waals surface area contributed by atoms with E-state index in [1.54, 1.807) is 7.11 Å². The number of rotatable bonds is 5. The predicted molar refractivity (Wildman–Crippen MR) is 82.0 cm³/mol. The molecule has 1 unspecified atom stereocenters. The average molecular weight is 325 g/mol. The molecule has 1 saturated heterocycles. The summed E-state index contributed by atoms with van der Waals surface area (Å²) in [7, 11) is 1.72. The van der Waals surface area contributed by atoms with Crippen LogP contribution in [0, 0.1) is 5.92 Å². The molecule has 0 spiro atoms. The van der Waals surface area contributed by atoms with Crippen LogP contribution in [0.1, 0.15) is 19.3 Å². The van der Waals surface area contributed by atoms with Gasteiger partial charge in [0.2, 0.25) is 0 Å². The maximum Gasteiger partial charge on any atom is 0.121 e. The predicted octanol–water partition coefficient (Wildman–Crippen LogP) is 3.04. The van der Waals surface area contributed by atoms with Gasteiger partial charge < -0.3 is 15.0 Å². The molecule has 1 aliphatic heterocycles. The van der Waals surface area contributed by atoms with Gasteiger partial charge in [-0.1, -0.05) is 0 Å². The molecule has 1 aliphatic carbocycles. The van der Waals surface area contributed by atoms with E-state index in [1.165, 1.54) is 31.5 Å². The van der Waals surface area contributed by atoms with Gasteiger partial charge in [0.05, 0.1) is 12.8 Å². The fourth-order valence-corrected chi connectivity index (χ4v) is 3.20. The van der Waals surface area contributed by atoms with Crippen molar-refractivity contribution in [3.05, 3.63) is 22.7 Å². The first kappa shape index (κ1) is 13.3. The number of halogens is 1. The smallest absolute Gasteiger partial charge is 0.121 e. The summed E-state index contributed by atoms with van der Waals surface area (Å²) in [5.41, 5.74) is 1.26. The first-order valence-electron chi connectivity index (χ1n) is 7.08. The highest BCUT2D eigenvalue weighted by Gasteiger charge is 2.27. The van der Waals surface area contributed by atoms with Crippen molar-refractivity contribution < 1.29 is 4.74 Å². The van der Waals surface area contributed by atoms with E-state index >= 15 is 0 Å². The number of nitrogens with one attached hydrogen (secondary N) is 1. The van der Waals surface area contributed by atoms with Crippen molar-refractivity contribution in [1.29, 1.82) is 0 Å². The zero-order chi connectivity index (χ0) is 13.2.